The van der Waals surface area contributed by atoms with Crippen LogP contribution in [-0.4, -0.2) is 75.7 Å². The standard InChI is InChI=1S/C25H31F2N5O5S/c1-17-16-32(11-13-37-17)23-4-2-3-22(28-23)29-25(34)20-6-5-19(30-38(35,36)14-12-33)15-21(20)31-9-7-18(8-10-31)24(26)27/h2-6,15,17,30,33H,7-14,16H2,1H3,(H,28,29,34)/t17-/m1/s1. The van der Waals surface area contributed by atoms with Gasteiger partial charge in [-0.15, -0.1) is 0 Å². The molecule has 2 saturated heterocycles. The third-order valence-electron chi connectivity index (χ3n) is 6.39. The molecule has 3 N–H and O–H groups in total. The molecular weight excluding hydrogens is 520 g/mol. The number of aliphatic hydroxyl groups is 1. The summed E-state index contributed by atoms with van der Waals surface area (Å²) in [4.78, 5) is 21.8. The molecule has 1 atom stereocenters. The summed E-state index contributed by atoms with van der Waals surface area (Å²) < 4.78 is 58.5. The predicted molar refractivity (Wildman–Crippen MR) is 141 cm³/mol. The van der Waals surface area contributed by atoms with Crippen molar-refractivity contribution in [1.29, 1.82) is 0 Å². The molecule has 2 aliphatic rings. The van der Waals surface area contributed by atoms with Gasteiger partial charge in [-0.2, -0.15) is 8.78 Å². The van der Waals surface area contributed by atoms with Gasteiger partial charge in [-0.05, 0) is 55.7 Å². The van der Waals surface area contributed by atoms with Gasteiger partial charge in [0.1, 0.15) is 11.6 Å². The minimum absolute atomic E-state index is 0.0606. The number of piperidine rings is 1. The van der Waals surface area contributed by atoms with E-state index in [2.05, 4.69) is 19.9 Å². The Morgan fingerprint density at radius 1 is 1.16 bits per heavy atom. The highest BCUT2D eigenvalue weighted by molar-refractivity contribution is 7.92. The van der Waals surface area contributed by atoms with E-state index in [1.54, 1.807) is 17.0 Å². The van der Waals surface area contributed by atoms with E-state index in [1.165, 1.54) is 18.2 Å². The minimum atomic E-state index is -3.80. The Morgan fingerprint density at radius 3 is 2.61 bits per heavy atom. The molecular formula is C25H31F2N5O5S. The number of amides is 1. The number of carbonyl (C=O) groups excluding carboxylic acids is 1. The Bertz CT molecular complexity index is 1290. The highest BCUT2D eigenvalue weighted by atomic mass is 32.2. The lowest BCUT2D eigenvalue weighted by molar-refractivity contribution is 0.0529. The Morgan fingerprint density at radius 2 is 1.92 bits per heavy atom. The number of anilines is 4. The number of pyridine rings is 1. The fraction of sp³-hybridized carbons (Fsp3) is 0.440. The molecule has 38 heavy (non-hydrogen) atoms. The molecule has 2 aliphatic heterocycles. The van der Waals surface area contributed by atoms with E-state index in [0.29, 0.717) is 37.0 Å². The molecule has 13 heteroatoms. The van der Waals surface area contributed by atoms with Gasteiger partial charge in [-0.3, -0.25) is 9.52 Å². The molecule has 1 amide bonds. The van der Waals surface area contributed by atoms with E-state index in [9.17, 15) is 22.0 Å². The number of aliphatic hydroxyl groups excluding tert-OH is 1. The number of ether oxygens (including phenoxy) is 1. The van der Waals surface area contributed by atoms with Crippen LogP contribution in [0.1, 0.15) is 30.1 Å². The lowest BCUT2D eigenvalue weighted by atomic mass is 10.0. The van der Waals surface area contributed by atoms with E-state index in [4.69, 9.17) is 9.84 Å². The summed E-state index contributed by atoms with van der Waals surface area (Å²) in [6, 6.07) is 9.75. The summed E-state index contributed by atoms with van der Waals surface area (Å²) in [5.41, 5.74) is 0.925. The maximum Gasteiger partial charge on any atom is 0.269 e. The van der Waals surface area contributed by atoms with Crippen molar-refractivity contribution in [3.63, 3.8) is 0 Å². The number of rotatable bonds is 8. The predicted octanol–water partition coefficient (Wildman–Crippen LogP) is 3.04. The Kier molecular flexibility index (Phi) is 8.80. The van der Waals surface area contributed by atoms with Gasteiger partial charge in [0.15, 0.2) is 0 Å². The number of nitrogens with zero attached hydrogens (tertiary/aromatic N) is 3. The maximum absolute atomic E-state index is 13.4. The van der Waals surface area contributed by atoms with Crippen molar-refractivity contribution in [3.8, 4) is 0 Å². The largest absolute Gasteiger partial charge is 0.395 e. The monoisotopic (exact) mass is 551 g/mol. The van der Waals surface area contributed by atoms with Crippen LogP contribution in [0.3, 0.4) is 0 Å². The molecule has 2 fully saturated rings. The summed E-state index contributed by atoms with van der Waals surface area (Å²) in [6.45, 7) is 3.84. The summed E-state index contributed by atoms with van der Waals surface area (Å²) >= 11 is 0. The number of aromatic nitrogens is 1. The smallest absolute Gasteiger partial charge is 0.269 e. The van der Waals surface area contributed by atoms with Crippen molar-refractivity contribution in [2.75, 3.05) is 65.0 Å². The average molecular weight is 552 g/mol. The lowest BCUT2D eigenvalue weighted by Gasteiger charge is -2.32. The summed E-state index contributed by atoms with van der Waals surface area (Å²) in [6.07, 6.45) is -1.36. The molecule has 0 saturated carbocycles. The van der Waals surface area contributed by atoms with Gasteiger partial charge >= 0.3 is 0 Å². The number of hydrogen-bond acceptors (Lipinski definition) is 8. The SMILES string of the molecule is C[C@@H]1CN(c2cccc(NC(=O)c3ccc(NS(=O)(=O)CCO)cc3N3CCC(=C(F)F)CC3)n2)CCO1. The molecule has 0 unspecified atom stereocenters. The van der Waals surface area contributed by atoms with Crippen molar-refractivity contribution < 1.29 is 31.8 Å². The third-order valence-corrected chi connectivity index (χ3v) is 7.66. The molecule has 0 aliphatic carbocycles. The van der Waals surface area contributed by atoms with Gasteiger partial charge < -0.3 is 25.0 Å². The average Bonchev–Trinajstić information content (AvgIpc) is 2.88. The molecule has 2 aromatic rings. The Hall–Kier alpha value is -3.29. The van der Waals surface area contributed by atoms with Gasteiger partial charge in [-0.25, -0.2) is 13.4 Å². The first-order valence-corrected chi connectivity index (χ1v) is 14.0. The highest BCUT2D eigenvalue weighted by Gasteiger charge is 2.24. The number of carbonyl (C=O) groups is 1. The minimum Gasteiger partial charge on any atom is -0.395 e. The van der Waals surface area contributed by atoms with Crippen molar-refractivity contribution in [2.24, 2.45) is 0 Å². The van der Waals surface area contributed by atoms with Crippen LogP contribution in [-0.2, 0) is 14.8 Å². The Balaban J connectivity index is 1.59. The number of benzene rings is 1. The Labute approximate surface area is 220 Å². The summed E-state index contributed by atoms with van der Waals surface area (Å²) in [5.74, 6) is 0.0918. The van der Waals surface area contributed by atoms with E-state index in [0.717, 1.165) is 0 Å². The van der Waals surface area contributed by atoms with Crippen LogP contribution in [0.4, 0.5) is 31.8 Å². The molecule has 0 spiro atoms. The maximum atomic E-state index is 13.4. The zero-order valence-corrected chi connectivity index (χ0v) is 21.8. The molecule has 10 nitrogen and oxygen atoms in total. The number of nitrogens with one attached hydrogen (secondary N) is 2. The van der Waals surface area contributed by atoms with Crippen LogP contribution in [0, 0.1) is 0 Å². The number of morpholine rings is 1. The summed E-state index contributed by atoms with van der Waals surface area (Å²) in [7, 11) is -3.80. The van der Waals surface area contributed by atoms with Gasteiger partial charge in [0.2, 0.25) is 10.0 Å². The van der Waals surface area contributed by atoms with Crippen molar-refractivity contribution in [1.82, 2.24) is 4.98 Å². The van der Waals surface area contributed by atoms with Gasteiger partial charge in [0, 0.05) is 26.2 Å². The van der Waals surface area contributed by atoms with Crippen molar-refractivity contribution >= 4 is 38.9 Å². The van der Waals surface area contributed by atoms with E-state index < -0.39 is 34.4 Å². The molecule has 4 rings (SSSR count). The van der Waals surface area contributed by atoms with Gasteiger partial charge in [-0.1, -0.05) is 6.07 Å². The molecule has 0 radical (unpaired) electrons. The van der Waals surface area contributed by atoms with Crippen LogP contribution in [0.15, 0.2) is 48.1 Å². The molecule has 1 aromatic heterocycles. The lowest BCUT2D eigenvalue weighted by Crippen LogP contribution is -2.41. The first kappa shape index (κ1) is 27.7. The van der Waals surface area contributed by atoms with E-state index >= 15 is 0 Å². The highest BCUT2D eigenvalue weighted by Crippen LogP contribution is 2.31. The number of sulfonamides is 1. The zero-order chi connectivity index (χ0) is 27.3. The van der Waals surface area contributed by atoms with Gasteiger partial charge in [0.25, 0.3) is 12.0 Å². The summed E-state index contributed by atoms with van der Waals surface area (Å²) in [5, 5.41) is 11.8. The molecule has 0 bridgehead atoms. The van der Waals surface area contributed by atoms with Crippen LogP contribution < -0.4 is 19.8 Å². The number of hydrogen-bond donors (Lipinski definition) is 3. The second-order valence-corrected chi connectivity index (χ2v) is 11.0. The van der Waals surface area contributed by atoms with Gasteiger partial charge in [0.05, 0.1) is 42.0 Å². The van der Waals surface area contributed by atoms with Crippen molar-refractivity contribution in [3.05, 3.63) is 53.6 Å². The first-order chi connectivity index (χ1) is 18.1. The van der Waals surface area contributed by atoms with E-state index in [1.807, 2.05) is 13.0 Å². The zero-order valence-electron chi connectivity index (χ0n) is 21.0. The quantitative estimate of drug-likeness (QED) is 0.458. The fourth-order valence-electron chi connectivity index (χ4n) is 4.49. The second kappa shape index (κ2) is 12.0. The van der Waals surface area contributed by atoms with Crippen LogP contribution >= 0.6 is 0 Å². The third kappa shape index (κ3) is 6.97. The van der Waals surface area contributed by atoms with Crippen LogP contribution in [0.2, 0.25) is 0 Å². The molecule has 3 heterocycles. The van der Waals surface area contributed by atoms with Crippen molar-refractivity contribution in [2.45, 2.75) is 25.9 Å². The topological polar surface area (TPSA) is 124 Å². The van der Waals surface area contributed by atoms with E-state index in [-0.39, 0.29) is 48.9 Å². The second-order valence-electron chi connectivity index (χ2n) is 9.19. The number of halogens is 2. The first-order valence-electron chi connectivity index (χ1n) is 12.3. The molecule has 206 valence electrons. The fourth-order valence-corrected chi connectivity index (χ4v) is 5.31. The normalized spacial score (nSPS) is 18.3. The van der Waals surface area contributed by atoms with Crippen LogP contribution in [0.5, 0.6) is 0 Å². The van der Waals surface area contributed by atoms with Crippen LogP contribution in [0.25, 0.3) is 0 Å². The molecule has 1 aromatic carbocycles.